The van der Waals surface area contributed by atoms with E-state index in [4.69, 9.17) is 5.11 Å². The predicted molar refractivity (Wildman–Crippen MR) is 41.8 cm³/mol. The molecular weight excluding hydrogens is 158 g/mol. The van der Waals surface area contributed by atoms with Gasteiger partial charge in [-0.1, -0.05) is 0 Å². The first-order valence-corrected chi connectivity index (χ1v) is 4.34. The molecule has 2 N–H and O–H groups in total. The Morgan fingerprint density at radius 1 is 1.33 bits per heavy atom. The van der Waals surface area contributed by atoms with Crippen LogP contribution in [0.2, 0.25) is 0 Å². The number of aliphatic hydroxyl groups is 1. The quantitative estimate of drug-likeness (QED) is 0.553. The van der Waals surface area contributed by atoms with E-state index in [1.54, 1.807) is 0 Å². The third-order valence-electron chi connectivity index (χ3n) is 3.09. The lowest BCUT2D eigenvalue weighted by molar-refractivity contribution is 0.118. The van der Waals surface area contributed by atoms with Crippen molar-refractivity contribution in [2.24, 2.45) is 11.8 Å². The SMILES string of the molecule is O=C(O)N1CC2CCC(O)C2C1. The van der Waals surface area contributed by atoms with Crippen molar-refractivity contribution < 1.29 is 15.0 Å². The summed E-state index contributed by atoms with van der Waals surface area (Å²) in [6.07, 6.45) is 0.717. The Hall–Kier alpha value is -0.770. The Morgan fingerprint density at radius 3 is 2.67 bits per heavy atom. The first-order chi connectivity index (χ1) is 5.68. The van der Waals surface area contributed by atoms with Gasteiger partial charge in [0.1, 0.15) is 0 Å². The maximum atomic E-state index is 10.6. The van der Waals surface area contributed by atoms with Crippen LogP contribution in [0.1, 0.15) is 12.8 Å². The molecule has 2 fully saturated rings. The third kappa shape index (κ3) is 1.06. The van der Waals surface area contributed by atoms with Gasteiger partial charge in [0.15, 0.2) is 0 Å². The largest absolute Gasteiger partial charge is 0.465 e. The van der Waals surface area contributed by atoms with Crippen LogP contribution in [-0.2, 0) is 0 Å². The number of rotatable bonds is 0. The van der Waals surface area contributed by atoms with Gasteiger partial charge in [-0.3, -0.25) is 0 Å². The molecule has 4 heteroatoms. The number of amides is 1. The highest BCUT2D eigenvalue weighted by Crippen LogP contribution is 2.37. The zero-order valence-electron chi connectivity index (χ0n) is 6.81. The summed E-state index contributed by atoms with van der Waals surface area (Å²) < 4.78 is 0. The second kappa shape index (κ2) is 2.62. The molecule has 1 amide bonds. The lowest BCUT2D eigenvalue weighted by Crippen LogP contribution is -2.29. The van der Waals surface area contributed by atoms with Gasteiger partial charge >= 0.3 is 6.09 Å². The number of hydrogen-bond donors (Lipinski definition) is 2. The summed E-state index contributed by atoms with van der Waals surface area (Å²) in [7, 11) is 0. The monoisotopic (exact) mass is 171 g/mol. The van der Waals surface area contributed by atoms with Crippen molar-refractivity contribution in [2.45, 2.75) is 18.9 Å². The average molecular weight is 171 g/mol. The third-order valence-corrected chi connectivity index (χ3v) is 3.09. The average Bonchev–Trinajstić information content (AvgIpc) is 2.53. The smallest absolute Gasteiger partial charge is 0.407 e. The molecular formula is C8H13NO3. The number of nitrogens with zero attached hydrogens (tertiary/aromatic N) is 1. The molecule has 1 aliphatic carbocycles. The molecule has 0 bridgehead atoms. The fourth-order valence-electron chi connectivity index (χ4n) is 2.39. The molecule has 3 atom stereocenters. The maximum absolute atomic E-state index is 10.6. The number of fused-ring (bicyclic) bond motifs is 1. The predicted octanol–water partition coefficient (Wildman–Crippen LogP) is 0.367. The molecule has 1 aliphatic heterocycles. The summed E-state index contributed by atoms with van der Waals surface area (Å²) in [5, 5.41) is 18.2. The highest BCUT2D eigenvalue weighted by Gasteiger charge is 2.43. The first-order valence-electron chi connectivity index (χ1n) is 4.34. The molecule has 1 saturated heterocycles. The Labute approximate surface area is 70.8 Å². The van der Waals surface area contributed by atoms with Crippen molar-refractivity contribution in [3.63, 3.8) is 0 Å². The molecule has 0 spiro atoms. The molecule has 0 aromatic rings. The molecule has 12 heavy (non-hydrogen) atoms. The van der Waals surface area contributed by atoms with Crippen molar-refractivity contribution in [1.82, 2.24) is 4.90 Å². The van der Waals surface area contributed by atoms with Gasteiger partial charge in [-0.25, -0.2) is 4.79 Å². The van der Waals surface area contributed by atoms with E-state index in [1.807, 2.05) is 0 Å². The van der Waals surface area contributed by atoms with E-state index < -0.39 is 6.09 Å². The van der Waals surface area contributed by atoms with Gasteiger partial charge in [0.05, 0.1) is 6.10 Å². The zero-order valence-corrected chi connectivity index (χ0v) is 6.81. The van der Waals surface area contributed by atoms with Gasteiger partial charge in [-0.15, -0.1) is 0 Å². The molecule has 0 aromatic carbocycles. The van der Waals surface area contributed by atoms with Crippen molar-refractivity contribution in [1.29, 1.82) is 0 Å². The highest BCUT2D eigenvalue weighted by molar-refractivity contribution is 5.65. The zero-order chi connectivity index (χ0) is 8.72. The Bertz CT molecular complexity index is 206. The number of hydrogen-bond acceptors (Lipinski definition) is 2. The Morgan fingerprint density at radius 2 is 2.08 bits per heavy atom. The van der Waals surface area contributed by atoms with Crippen LogP contribution in [-0.4, -0.2) is 40.4 Å². The van der Waals surface area contributed by atoms with Gasteiger partial charge in [0.2, 0.25) is 0 Å². The van der Waals surface area contributed by atoms with Crippen LogP contribution in [0.4, 0.5) is 4.79 Å². The van der Waals surface area contributed by atoms with Crippen molar-refractivity contribution in [3.8, 4) is 0 Å². The van der Waals surface area contributed by atoms with Crippen LogP contribution in [0, 0.1) is 11.8 Å². The van der Waals surface area contributed by atoms with Crippen molar-refractivity contribution in [2.75, 3.05) is 13.1 Å². The molecule has 3 unspecified atom stereocenters. The summed E-state index contributed by atoms with van der Waals surface area (Å²) in [6.45, 7) is 1.15. The van der Waals surface area contributed by atoms with Crippen LogP contribution in [0.5, 0.6) is 0 Å². The Kier molecular flexibility index (Phi) is 1.72. The summed E-state index contributed by atoms with van der Waals surface area (Å²) >= 11 is 0. The summed E-state index contributed by atoms with van der Waals surface area (Å²) in [5.74, 6) is 0.622. The molecule has 2 rings (SSSR count). The normalized spacial score (nSPS) is 40.1. The number of likely N-dealkylation sites (tertiary alicyclic amines) is 1. The molecule has 0 aromatic heterocycles. The van der Waals surface area contributed by atoms with Crippen LogP contribution in [0.25, 0.3) is 0 Å². The fraction of sp³-hybridized carbons (Fsp3) is 0.875. The Balaban J connectivity index is 2.03. The van der Waals surface area contributed by atoms with Crippen LogP contribution >= 0.6 is 0 Å². The van der Waals surface area contributed by atoms with Crippen LogP contribution in [0.15, 0.2) is 0 Å². The lowest BCUT2D eigenvalue weighted by atomic mass is 10.00. The van der Waals surface area contributed by atoms with Gasteiger partial charge in [0, 0.05) is 19.0 Å². The topological polar surface area (TPSA) is 60.8 Å². The van der Waals surface area contributed by atoms with E-state index in [0.29, 0.717) is 19.0 Å². The van der Waals surface area contributed by atoms with E-state index in [-0.39, 0.29) is 12.0 Å². The minimum absolute atomic E-state index is 0.209. The van der Waals surface area contributed by atoms with Crippen LogP contribution in [0.3, 0.4) is 0 Å². The maximum Gasteiger partial charge on any atom is 0.407 e. The minimum atomic E-state index is -0.850. The van der Waals surface area contributed by atoms with E-state index in [9.17, 15) is 9.90 Å². The standard InChI is InChI=1S/C8H13NO3/c10-7-2-1-5-3-9(8(11)12)4-6(5)7/h5-7,10H,1-4H2,(H,11,12). The lowest BCUT2D eigenvalue weighted by Gasteiger charge is -2.13. The molecule has 4 nitrogen and oxygen atoms in total. The second-order valence-electron chi connectivity index (χ2n) is 3.76. The second-order valence-corrected chi connectivity index (χ2v) is 3.76. The molecule has 1 saturated carbocycles. The summed E-state index contributed by atoms with van der Waals surface area (Å²) in [6, 6.07) is 0. The summed E-state index contributed by atoms with van der Waals surface area (Å²) in [5.41, 5.74) is 0. The van der Waals surface area contributed by atoms with Gasteiger partial charge in [-0.05, 0) is 18.8 Å². The van der Waals surface area contributed by atoms with E-state index in [1.165, 1.54) is 4.90 Å². The van der Waals surface area contributed by atoms with E-state index in [0.717, 1.165) is 12.8 Å². The molecule has 1 heterocycles. The van der Waals surface area contributed by atoms with Crippen LogP contribution < -0.4 is 0 Å². The fourth-order valence-corrected chi connectivity index (χ4v) is 2.39. The molecule has 0 radical (unpaired) electrons. The number of carbonyl (C=O) groups is 1. The van der Waals surface area contributed by atoms with Gasteiger partial charge in [0.25, 0.3) is 0 Å². The highest BCUT2D eigenvalue weighted by atomic mass is 16.4. The molecule has 68 valence electrons. The number of aliphatic hydroxyl groups excluding tert-OH is 1. The van der Waals surface area contributed by atoms with Crippen molar-refractivity contribution >= 4 is 6.09 Å². The number of carboxylic acid groups (broad SMARTS) is 1. The van der Waals surface area contributed by atoms with E-state index >= 15 is 0 Å². The minimum Gasteiger partial charge on any atom is -0.465 e. The molecule has 2 aliphatic rings. The summed E-state index contributed by atoms with van der Waals surface area (Å²) in [4.78, 5) is 12.0. The van der Waals surface area contributed by atoms with E-state index in [2.05, 4.69) is 0 Å². The van der Waals surface area contributed by atoms with Crippen molar-refractivity contribution in [3.05, 3.63) is 0 Å². The first kappa shape index (κ1) is 7.86. The van der Waals surface area contributed by atoms with Gasteiger partial charge < -0.3 is 15.1 Å². The van der Waals surface area contributed by atoms with Gasteiger partial charge in [-0.2, -0.15) is 0 Å².